The number of hydrogen-bond acceptors (Lipinski definition) is 7. The van der Waals surface area contributed by atoms with E-state index < -0.39 is 40.9 Å². The molecule has 2 N–H and O–H groups in total. The summed E-state index contributed by atoms with van der Waals surface area (Å²) in [6.07, 6.45) is 0. The van der Waals surface area contributed by atoms with Crippen molar-refractivity contribution in [3.8, 4) is 0 Å². The Morgan fingerprint density at radius 2 is 1.72 bits per heavy atom. The number of ether oxygens (including phenoxy) is 1. The Morgan fingerprint density at radius 1 is 1.12 bits per heavy atom. The van der Waals surface area contributed by atoms with Crippen LogP contribution in [0.25, 0.3) is 0 Å². The summed E-state index contributed by atoms with van der Waals surface area (Å²) in [5, 5.41) is 3.57. The van der Waals surface area contributed by atoms with Gasteiger partial charge in [-0.3, -0.25) is 9.88 Å². The molecule has 1 aromatic carbocycles. The smallest absolute Gasteiger partial charge is 0.361 e. The van der Waals surface area contributed by atoms with Crippen molar-refractivity contribution in [3.05, 3.63) is 29.3 Å². The van der Waals surface area contributed by atoms with E-state index >= 15 is 0 Å². The molecular weight excluding hydrogens is 451 g/mol. The Hall–Kier alpha value is -1.09. The number of esters is 1. The molecule has 2 unspecified atom stereocenters. The molecule has 0 aromatic heterocycles. The first-order valence-corrected chi connectivity index (χ1v) is 13.6. The van der Waals surface area contributed by atoms with Gasteiger partial charge in [-0.2, -0.15) is 0 Å². The first kappa shape index (κ1) is 27.2. The van der Waals surface area contributed by atoms with Crippen LogP contribution >= 0.6 is 7.60 Å². The van der Waals surface area contributed by atoms with Crippen molar-refractivity contribution in [2.75, 3.05) is 19.8 Å². The molecule has 0 aliphatic carbocycles. The molecule has 10 heteroatoms. The van der Waals surface area contributed by atoms with Crippen LogP contribution in [-0.4, -0.2) is 40.3 Å². The highest BCUT2D eigenvalue weighted by Crippen LogP contribution is 2.47. The molecule has 182 valence electrons. The molecule has 0 bridgehead atoms. The number of fused-ring (bicyclic) bond motifs is 1. The first-order chi connectivity index (χ1) is 14.7. The number of rotatable bonds is 8. The van der Waals surface area contributed by atoms with Crippen LogP contribution in [0.2, 0.25) is 0 Å². The fourth-order valence-corrected chi connectivity index (χ4v) is 5.69. The van der Waals surface area contributed by atoms with E-state index in [0.717, 1.165) is 5.56 Å². The van der Waals surface area contributed by atoms with Crippen LogP contribution in [0.5, 0.6) is 0 Å². The monoisotopic (exact) mass is 488 g/mol. The van der Waals surface area contributed by atoms with Crippen LogP contribution in [0.1, 0.15) is 78.6 Å². The molecule has 8 nitrogen and oxygen atoms in total. The van der Waals surface area contributed by atoms with Gasteiger partial charge < -0.3 is 13.8 Å². The van der Waals surface area contributed by atoms with Gasteiger partial charge in [0.1, 0.15) is 11.6 Å². The third-order valence-electron chi connectivity index (χ3n) is 4.65. The SMILES string of the molecule is CCOP(=O)(OCC)c1ccc2c(c1)C(C(=O)OC(C)(C)C)NCC2N[S@](=O)C(C)(C)C. The normalized spacial score (nSPS) is 20.5. The summed E-state index contributed by atoms with van der Waals surface area (Å²) in [6.45, 7) is 15.4. The lowest BCUT2D eigenvalue weighted by Crippen LogP contribution is -2.46. The Labute approximate surface area is 194 Å². The van der Waals surface area contributed by atoms with Gasteiger partial charge in [0, 0.05) is 6.54 Å². The molecule has 1 aliphatic heterocycles. The lowest BCUT2D eigenvalue weighted by atomic mass is 9.91. The summed E-state index contributed by atoms with van der Waals surface area (Å²) in [4.78, 5) is 13.0. The molecule has 0 fully saturated rings. The van der Waals surface area contributed by atoms with E-state index in [4.69, 9.17) is 13.8 Å². The summed E-state index contributed by atoms with van der Waals surface area (Å²) >= 11 is 0. The van der Waals surface area contributed by atoms with Crippen LogP contribution < -0.4 is 15.3 Å². The summed E-state index contributed by atoms with van der Waals surface area (Å²) in [7, 11) is -4.87. The molecular formula is C22H37N2O6PS. The molecule has 1 heterocycles. The number of carbonyl (C=O) groups is 1. The molecule has 0 saturated heterocycles. The van der Waals surface area contributed by atoms with Crippen LogP contribution in [-0.2, 0) is 34.1 Å². The fraction of sp³-hybridized carbons (Fsp3) is 0.682. The Kier molecular flexibility index (Phi) is 8.87. The lowest BCUT2D eigenvalue weighted by Gasteiger charge is -2.35. The molecule has 32 heavy (non-hydrogen) atoms. The highest BCUT2D eigenvalue weighted by Gasteiger charge is 2.38. The van der Waals surface area contributed by atoms with E-state index in [1.54, 1.807) is 52.8 Å². The second-order valence-corrected chi connectivity index (χ2v) is 13.6. The third kappa shape index (κ3) is 6.72. The maximum atomic E-state index is 13.4. The van der Waals surface area contributed by atoms with E-state index in [0.29, 0.717) is 17.4 Å². The number of hydrogen-bond donors (Lipinski definition) is 2. The number of carbonyl (C=O) groups excluding carboxylic acids is 1. The van der Waals surface area contributed by atoms with Crippen LogP contribution in [0.3, 0.4) is 0 Å². The van der Waals surface area contributed by atoms with Crippen molar-refractivity contribution in [3.63, 3.8) is 0 Å². The molecule has 3 atom stereocenters. The molecule has 0 radical (unpaired) electrons. The first-order valence-electron chi connectivity index (χ1n) is 10.9. The van der Waals surface area contributed by atoms with Crippen LogP contribution in [0.15, 0.2) is 18.2 Å². The summed E-state index contributed by atoms with van der Waals surface area (Å²) in [6, 6.07) is 4.09. The summed E-state index contributed by atoms with van der Waals surface area (Å²) in [5.74, 6) is -0.436. The zero-order chi connectivity index (χ0) is 24.3. The van der Waals surface area contributed by atoms with Crippen molar-refractivity contribution >= 4 is 29.9 Å². The Morgan fingerprint density at radius 3 is 2.22 bits per heavy atom. The largest absolute Gasteiger partial charge is 0.459 e. The molecule has 0 spiro atoms. The predicted molar refractivity (Wildman–Crippen MR) is 127 cm³/mol. The van der Waals surface area contributed by atoms with Gasteiger partial charge in [0.15, 0.2) is 0 Å². The van der Waals surface area contributed by atoms with E-state index in [-0.39, 0.29) is 19.3 Å². The third-order valence-corrected chi connectivity index (χ3v) is 8.36. The fourth-order valence-electron chi connectivity index (χ4n) is 3.26. The van der Waals surface area contributed by atoms with Gasteiger partial charge in [-0.25, -0.2) is 13.7 Å². The summed E-state index contributed by atoms with van der Waals surface area (Å²) < 4.78 is 45.4. The van der Waals surface area contributed by atoms with Crippen LogP contribution in [0, 0.1) is 0 Å². The highest BCUT2D eigenvalue weighted by molar-refractivity contribution is 7.84. The number of nitrogens with one attached hydrogen (secondary N) is 2. The summed E-state index contributed by atoms with van der Waals surface area (Å²) in [5.41, 5.74) is 0.734. The zero-order valence-electron chi connectivity index (χ0n) is 20.3. The van der Waals surface area contributed by atoms with E-state index in [1.165, 1.54) is 0 Å². The quantitative estimate of drug-likeness (QED) is 0.425. The van der Waals surface area contributed by atoms with E-state index in [9.17, 15) is 13.6 Å². The minimum atomic E-state index is -3.55. The molecule has 1 aliphatic rings. The standard InChI is InChI=1S/C22H37N2O6PS/c1-9-28-31(26,29-10-2)15-11-12-16-17(13-15)19(20(25)30-21(3,4)5)23-14-18(16)24-32(27)22(6,7)8/h11-13,18-19,23-24H,9-10,14H2,1-8H3/t18?,19?,32-/m1/s1. The van der Waals surface area contributed by atoms with Gasteiger partial charge in [0.05, 0.1) is 40.3 Å². The zero-order valence-corrected chi connectivity index (χ0v) is 22.0. The minimum absolute atomic E-state index is 0.219. The Bertz CT molecular complexity index is 883. The van der Waals surface area contributed by atoms with Crippen molar-refractivity contribution in [2.45, 2.75) is 77.8 Å². The van der Waals surface area contributed by atoms with E-state index in [1.807, 2.05) is 20.8 Å². The maximum Gasteiger partial charge on any atom is 0.361 e. The van der Waals surface area contributed by atoms with Gasteiger partial charge in [-0.05, 0) is 78.6 Å². The number of benzene rings is 1. The van der Waals surface area contributed by atoms with Crippen molar-refractivity contribution in [1.82, 2.24) is 10.0 Å². The van der Waals surface area contributed by atoms with E-state index in [2.05, 4.69) is 10.0 Å². The Balaban J connectivity index is 2.54. The predicted octanol–water partition coefficient (Wildman–Crippen LogP) is 3.66. The molecule has 2 rings (SSSR count). The van der Waals surface area contributed by atoms with Crippen molar-refractivity contribution in [2.24, 2.45) is 0 Å². The van der Waals surface area contributed by atoms with Gasteiger partial charge in [-0.1, -0.05) is 6.07 Å². The molecule has 0 amide bonds. The van der Waals surface area contributed by atoms with Crippen molar-refractivity contribution < 1.29 is 27.4 Å². The second kappa shape index (κ2) is 10.5. The van der Waals surface area contributed by atoms with Gasteiger partial charge >= 0.3 is 13.6 Å². The highest BCUT2D eigenvalue weighted by atomic mass is 32.2. The maximum absolute atomic E-state index is 13.4. The lowest BCUT2D eigenvalue weighted by molar-refractivity contribution is -0.158. The minimum Gasteiger partial charge on any atom is -0.459 e. The van der Waals surface area contributed by atoms with Gasteiger partial charge in [-0.15, -0.1) is 0 Å². The van der Waals surface area contributed by atoms with Crippen LogP contribution in [0.4, 0.5) is 0 Å². The average molecular weight is 489 g/mol. The average Bonchev–Trinajstić information content (AvgIpc) is 2.66. The van der Waals surface area contributed by atoms with Gasteiger partial charge in [0.2, 0.25) is 0 Å². The van der Waals surface area contributed by atoms with Crippen molar-refractivity contribution in [1.29, 1.82) is 0 Å². The molecule has 0 saturated carbocycles. The van der Waals surface area contributed by atoms with Gasteiger partial charge in [0.25, 0.3) is 0 Å². The second-order valence-electron chi connectivity index (χ2n) is 9.57. The molecule has 1 aromatic rings. The topological polar surface area (TPSA) is 103 Å².